The smallest absolute Gasteiger partial charge is 0.251 e. The number of hydrogen-bond acceptors (Lipinski definition) is 3. The second-order valence-corrected chi connectivity index (χ2v) is 5.79. The summed E-state index contributed by atoms with van der Waals surface area (Å²) in [4.78, 5) is 11.8. The number of anilines is 1. The first-order chi connectivity index (χ1) is 8.84. The fourth-order valence-electron chi connectivity index (χ4n) is 1.49. The third-order valence-corrected chi connectivity index (χ3v) is 3.20. The van der Waals surface area contributed by atoms with Gasteiger partial charge >= 0.3 is 0 Å². The molecule has 0 heterocycles. The maximum absolute atomic E-state index is 11.8. The Morgan fingerprint density at radius 3 is 2.63 bits per heavy atom. The van der Waals surface area contributed by atoms with Crippen LogP contribution in [0.1, 0.15) is 38.1 Å². The summed E-state index contributed by atoms with van der Waals surface area (Å²) in [6.07, 6.45) is 0. The molecule has 0 spiro atoms. The summed E-state index contributed by atoms with van der Waals surface area (Å²) in [7, 11) is 0. The highest BCUT2D eigenvalue weighted by molar-refractivity contribution is 5.95. The van der Waals surface area contributed by atoms with Gasteiger partial charge in [-0.1, -0.05) is 26.8 Å². The summed E-state index contributed by atoms with van der Waals surface area (Å²) in [5.74, 6) is -0.166. The molecule has 3 N–H and O–H groups in total. The van der Waals surface area contributed by atoms with E-state index in [2.05, 4.69) is 38.3 Å². The third kappa shape index (κ3) is 4.91. The zero-order chi connectivity index (χ0) is 14.5. The Morgan fingerprint density at radius 1 is 1.37 bits per heavy atom. The lowest BCUT2D eigenvalue weighted by Gasteiger charge is -2.29. The summed E-state index contributed by atoms with van der Waals surface area (Å²) in [5, 5.41) is 14.7. The molecule has 19 heavy (non-hydrogen) atoms. The molecule has 4 heteroatoms. The number of amides is 1. The summed E-state index contributed by atoms with van der Waals surface area (Å²) in [6, 6.07) is 7.69. The molecule has 1 aromatic rings. The van der Waals surface area contributed by atoms with Gasteiger partial charge in [-0.15, -0.1) is 0 Å². The van der Waals surface area contributed by atoms with Crippen molar-refractivity contribution in [2.45, 2.75) is 33.7 Å². The Morgan fingerprint density at radius 2 is 2.05 bits per heavy atom. The van der Waals surface area contributed by atoms with E-state index in [9.17, 15) is 4.79 Å². The van der Waals surface area contributed by atoms with Gasteiger partial charge in [0, 0.05) is 23.8 Å². The maximum Gasteiger partial charge on any atom is 0.251 e. The minimum atomic E-state index is -0.166. The third-order valence-electron chi connectivity index (χ3n) is 3.20. The molecule has 4 nitrogen and oxygen atoms in total. The Kier molecular flexibility index (Phi) is 5.36. The molecular formula is C15H24N2O2. The maximum atomic E-state index is 11.8. The Bertz CT molecular complexity index is 424. The minimum absolute atomic E-state index is 0.0509. The van der Waals surface area contributed by atoms with Gasteiger partial charge in [-0.2, -0.15) is 0 Å². The molecule has 0 aliphatic rings. The molecule has 0 aromatic heterocycles. The first-order valence-electron chi connectivity index (χ1n) is 6.60. The number of hydrogen-bond donors (Lipinski definition) is 3. The molecule has 0 bridgehead atoms. The number of aliphatic hydroxyl groups excluding tert-OH is 1. The number of benzene rings is 1. The number of carbonyl (C=O) groups excluding carboxylic acids is 1. The molecule has 0 saturated carbocycles. The average Bonchev–Trinajstić information content (AvgIpc) is 2.35. The van der Waals surface area contributed by atoms with Crippen LogP contribution in [0.15, 0.2) is 24.3 Å². The van der Waals surface area contributed by atoms with Gasteiger partial charge in [-0.25, -0.2) is 0 Å². The topological polar surface area (TPSA) is 61.4 Å². The van der Waals surface area contributed by atoms with E-state index in [-0.39, 0.29) is 24.5 Å². The van der Waals surface area contributed by atoms with E-state index in [4.69, 9.17) is 5.11 Å². The van der Waals surface area contributed by atoms with Gasteiger partial charge in [0.25, 0.3) is 5.91 Å². The van der Waals surface area contributed by atoms with E-state index in [0.29, 0.717) is 11.6 Å². The van der Waals surface area contributed by atoms with Crippen LogP contribution >= 0.6 is 0 Å². The van der Waals surface area contributed by atoms with E-state index < -0.39 is 0 Å². The van der Waals surface area contributed by atoms with E-state index in [0.717, 1.165) is 5.69 Å². The van der Waals surface area contributed by atoms with Crippen molar-refractivity contribution in [3.8, 4) is 0 Å². The predicted molar refractivity (Wildman–Crippen MR) is 78.4 cm³/mol. The summed E-state index contributed by atoms with van der Waals surface area (Å²) in [5.41, 5.74) is 1.67. The van der Waals surface area contributed by atoms with Crippen LogP contribution in [-0.2, 0) is 0 Å². The largest absolute Gasteiger partial charge is 0.395 e. The van der Waals surface area contributed by atoms with Crippen molar-refractivity contribution in [1.29, 1.82) is 0 Å². The monoisotopic (exact) mass is 264 g/mol. The fourth-order valence-corrected chi connectivity index (χ4v) is 1.49. The molecule has 1 amide bonds. The number of aliphatic hydroxyl groups is 1. The van der Waals surface area contributed by atoms with Gasteiger partial charge in [-0.3, -0.25) is 4.79 Å². The summed E-state index contributed by atoms with van der Waals surface area (Å²) >= 11 is 0. The van der Waals surface area contributed by atoms with Gasteiger partial charge in [0.1, 0.15) is 0 Å². The van der Waals surface area contributed by atoms with Crippen molar-refractivity contribution in [2.24, 2.45) is 5.41 Å². The number of nitrogens with one attached hydrogen (secondary N) is 2. The lowest BCUT2D eigenvalue weighted by Crippen LogP contribution is -2.31. The Labute approximate surface area is 115 Å². The van der Waals surface area contributed by atoms with Gasteiger partial charge in [-0.05, 0) is 30.5 Å². The second-order valence-electron chi connectivity index (χ2n) is 5.79. The van der Waals surface area contributed by atoms with Crippen LogP contribution < -0.4 is 10.6 Å². The number of carbonyl (C=O) groups is 1. The van der Waals surface area contributed by atoms with Crippen LogP contribution in [0.2, 0.25) is 0 Å². The van der Waals surface area contributed by atoms with E-state index >= 15 is 0 Å². The van der Waals surface area contributed by atoms with Crippen LogP contribution in [0.3, 0.4) is 0 Å². The first-order valence-corrected chi connectivity index (χ1v) is 6.60. The van der Waals surface area contributed by atoms with Crippen LogP contribution in [0.4, 0.5) is 5.69 Å². The Hall–Kier alpha value is -1.55. The van der Waals surface area contributed by atoms with Crippen LogP contribution in [0.5, 0.6) is 0 Å². The minimum Gasteiger partial charge on any atom is -0.395 e. The summed E-state index contributed by atoms with van der Waals surface area (Å²) in [6.45, 7) is 8.85. The molecule has 0 aliphatic heterocycles. The lowest BCUT2D eigenvalue weighted by molar-refractivity contribution is 0.0945. The molecule has 1 atom stereocenters. The van der Waals surface area contributed by atoms with Crippen LogP contribution in [0.25, 0.3) is 0 Å². The number of rotatable bonds is 5. The van der Waals surface area contributed by atoms with Crippen LogP contribution in [-0.4, -0.2) is 30.2 Å². The highest BCUT2D eigenvalue weighted by atomic mass is 16.3. The highest BCUT2D eigenvalue weighted by Crippen LogP contribution is 2.23. The Balaban J connectivity index is 2.74. The van der Waals surface area contributed by atoms with Gasteiger partial charge in [0.15, 0.2) is 0 Å². The van der Waals surface area contributed by atoms with Gasteiger partial charge < -0.3 is 15.7 Å². The quantitative estimate of drug-likeness (QED) is 0.764. The first kappa shape index (κ1) is 15.5. The molecule has 106 valence electrons. The standard InChI is InChI=1S/C15H24N2O2/c1-11(15(2,3)4)17-13-7-5-6-12(10-13)14(19)16-8-9-18/h5-7,10-11,17-18H,8-9H2,1-4H3,(H,16,19). The molecule has 0 radical (unpaired) electrons. The molecule has 0 saturated heterocycles. The SMILES string of the molecule is CC(Nc1cccc(C(=O)NCCO)c1)C(C)(C)C. The van der Waals surface area contributed by atoms with Gasteiger partial charge in [0.05, 0.1) is 6.61 Å². The van der Waals surface area contributed by atoms with Crippen molar-refractivity contribution in [2.75, 3.05) is 18.5 Å². The van der Waals surface area contributed by atoms with Crippen molar-refractivity contribution >= 4 is 11.6 Å². The lowest BCUT2D eigenvalue weighted by atomic mass is 9.88. The predicted octanol–water partition coefficient (Wildman–Crippen LogP) is 2.26. The van der Waals surface area contributed by atoms with Crippen molar-refractivity contribution < 1.29 is 9.90 Å². The van der Waals surface area contributed by atoms with E-state index in [1.165, 1.54) is 0 Å². The normalized spacial score (nSPS) is 12.9. The average molecular weight is 264 g/mol. The van der Waals surface area contributed by atoms with Crippen molar-refractivity contribution in [1.82, 2.24) is 5.32 Å². The fraction of sp³-hybridized carbons (Fsp3) is 0.533. The summed E-state index contributed by atoms with van der Waals surface area (Å²) < 4.78 is 0. The molecule has 1 aromatic carbocycles. The second kappa shape index (κ2) is 6.57. The van der Waals surface area contributed by atoms with E-state index in [1.807, 2.05) is 18.2 Å². The molecule has 0 aliphatic carbocycles. The molecule has 0 fully saturated rings. The van der Waals surface area contributed by atoms with Gasteiger partial charge in [0.2, 0.25) is 0 Å². The molecule has 1 unspecified atom stereocenters. The van der Waals surface area contributed by atoms with Crippen molar-refractivity contribution in [3.63, 3.8) is 0 Å². The zero-order valence-corrected chi connectivity index (χ0v) is 12.2. The molecular weight excluding hydrogens is 240 g/mol. The van der Waals surface area contributed by atoms with E-state index in [1.54, 1.807) is 6.07 Å². The van der Waals surface area contributed by atoms with Crippen molar-refractivity contribution in [3.05, 3.63) is 29.8 Å². The molecule has 1 rings (SSSR count). The van der Waals surface area contributed by atoms with Crippen LogP contribution in [0, 0.1) is 5.41 Å². The highest BCUT2D eigenvalue weighted by Gasteiger charge is 2.19. The zero-order valence-electron chi connectivity index (χ0n) is 12.2.